The third-order valence-electron chi connectivity index (χ3n) is 12.6. The summed E-state index contributed by atoms with van der Waals surface area (Å²) in [7, 11) is 0. The highest BCUT2D eigenvalue weighted by atomic mass is 16.6. The molecular weight excluding hydrogens is 889 g/mol. The number of nitrogens with one attached hydrogen (secondary N) is 5. The first-order valence-corrected chi connectivity index (χ1v) is 22.7. The van der Waals surface area contributed by atoms with E-state index in [1.165, 1.54) is 16.7 Å². The molecule has 2 atom stereocenters. The Morgan fingerprint density at radius 3 is 2.25 bits per heavy atom. The molecule has 7 amide bonds. The second kappa shape index (κ2) is 20.4. The van der Waals surface area contributed by atoms with Crippen LogP contribution in [-0.2, 0) is 74.8 Å². The van der Waals surface area contributed by atoms with Gasteiger partial charge in [0.25, 0.3) is 17.4 Å². The molecule has 3 aromatic carbocycles. The van der Waals surface area contributed by atoms with Gasteiger partial charge < -0.3 is 41.0 Å². The molecule has 6 N–H and O–H groups in total. The van der Waals surface area contributed by atoms with Crippen LogP contribution in [0.3, 0.4) is 0 Å². The predicted molar refractivity (Wildman–Crippen MR) is 249 cm³/mol. The van der Waals surface area contributed by atoms with E-state index in [2.05, 4.69) is 26.6 Å². The van der Waals surface area contributed by atoms with Crippen molar-refractivity contribution in [3.05, 3.63) is 123 Å². The SMILES string of the molecule is CC[C@@]1(O)C(=O)OCc2c1cc1n(c2=O)Cc2c-1nc1ccc3ccccc3c1c2CNC(=O)CNC(=O)[C@H](Cc1ccccc1)NC(=O)CNC(=O)CNC(=O)CCCCCN1C(=O)C=CC1=O. The Hall–Kier alpha value is -8.06. The number of hydrogen-bond donors (Lipinski definition) is 6. The van der Waals surface area contributed by atoms with Gasteiger partial charge in [0.15, 0.2) is 5.60 Å². The number of carbonyl (C=O) groups excluding carboxylic acids is 8. The molecule has 19 nitrogen and oxygen atoms in total. The molecule has 356 valence electrons. The Bertz CT molecular complexity index is 3000. The maximum Gasteiger partial charge on any atom is 0.343 e. The highest BCUT2D eigenvalue weighted by Crippen LogP contribution is 2.41. The van der Waals surface area contributed by atoms with Gasteiger partial charge in [-0.15, -0.1) is 0 Å². The van der Waals surface area contributed by atoms with Crippen molar-refractivity contribution in [3.8, 4) is 11.4 Å². The van der Waals surface area contributed by atoms with Crippen LogP contribution in [0.15, 0.2) is 89.7 Å². The van der Waals surface area contributed by atoms with Crippen molar-refractivity contribution < 1.29 is 48.2 Å². The zero-order chi connectivity index (χ0) is 48.8. The van der Waals surface area contributed by atoms with Crippen molar-refractivity contribution in [1.82, 2.24) is 41.0 Å². The van der Waals surface area contributed by atoms with Crippen molar-refractivity contribution in [2.24, 2.45) is 0 Å². The van der Waals surface area contributed by atoms with E-state index in [4.69, 9.17) is 9.72 Å². The summed E-state index contributed by atoms with van der Waals surface area (Å²) in [6, 6.07) is 20.8. The number of ether oxygens (including phenoxy) is 1. The van der Waals surface area contributed by atoms with E-state index in [9.17, 15) is 48.3 Å². The summed E-state index contributed by atoms with van der Waals surface area (Å²) in [6.07, 6.45) is 4.18. The van der Waals surface area contributed by atoms with Gasteiger partial charge in [-0.3, -0.25) is 43.3 Å². The van der Waals surface area contributed by atoms with Crippen LogP contribution in [0.25, 0.3) is 33.1 Å². The molecule has 2 aromatic heterocycles. The summed E-state index contributed by atoms with van der Waals surface area (Å²) in [5.74, 6) is -4.49. The fraction of sp³-hybridized carbons (Fsp3) is 0.320. The number of pyridine rings is 2. The third-order valence-corrected chi connectivity index (χ3v) is 12.6. The van der Waals surface area contributed by atoms with Crippen molar-refractivity contribution in [2.45, 2.75) is 76.8 Å². The molecule has 5 heterocycles. The number of fused-ring (bicyclic) bond motifs is 7. The molecular formula is C50H50N8O11. The molecule has 69 heavy (non-hydrogen) atoms. The number of amides is 7. The summed E-state index contributed by atoms with van der Waals surface area (Å²) in [6.45, 7) is 0.311. The summed E-state index contributed by atoms with van der Waals surface area (Å²) in [5, 5.41) is 27.0. The Morgan fingerprint density at radius 2 is 1.48 bits per heavy atom. The van der Waals surface area contributed by atoms with E-state index in [0.717, 1.165) is 21.1 Å². The minimum atomic E-state index is -2.01. The lowest BCUT2D eigenvalue weighted by molar-refractivity contribution is -0.172. The average Bonchev–Trinajstić information content (AvgIpc) is 3.89. The van der Waals surface area contributed by atoms with Crippen molar-refractivity contribution >= 4 is 69.0 Å². The standard InChI is InChI=1S/C50H50N8O11/c1-2-50(68)35-22-38-46-33(27-58(38)48(66)34(35)28-69-49(50)67)32(45-31-14-9-8-13-30(31)16-17-36(45)56-46)23-51-41(61)25-54-47(65)37(21-29-11-5-3-6-12-29)55-42(62)26-53-40(60)24-52-39(59)15-7-4-10-20-57-43(63)18-19-44(57)64/h3,5-6,8-9,11-14,16-19,22,37,68H,2,4,7,10,15,20-21,23-28H2,1H3,(H,51,61)(H,52,59)(H,53,60)(H,54,65)(H,55,62)/t37-,50-/m0/s1. The topological polar surface area (TPSA) is 264 Å². The molecule has 0 fully saturated rings. The molecule has 0 aliphatic carbocycles. The van der Waals surface area contributed by atoms with Crippen molar-refractivity contribution in [1.29, 1.82) is 0 Å². The van der Waals surface area contributed by atoms with Gasteiger partial charge in [0, 0.05) is 54.6 Å². The second-order valence-electron chi connectivity index (χ2n) is 17.0. The monoisotopic (exact) mass is 938 g/mol. The number of esters is 1. The molecule has 3 aliphatic heterocycles. The molecule has 19 heteroatoms. The number of nitrogens with zero attached hydrogens (tertiary/aromatic N) is 3. The number of rotatable bonds is 19. The number of cyclic esters (lactones) is 1. The molecule has 0 spiro atoms. The van der Waals surface area contributed by atoms with Gasteiger partial charge in [-0.05, 0) is 53.3 Å². The average molecular weight is 939 g/mol. The number of unbranched alkanes of at least 4 members (excludes halogenated alkanes) is 2. The summed E-state index contributed by atoms with van der Waals surface area (Å²) in [5.41, 5.74) is 1.44. The minimum Gasteiger partial charge on any atom is -0.458 e. The predicted octanol–water partition coefficient (Wildman–Crippen LogP) is 1.41. The number of aliphatic hydroxyl groups is 1. The summed E-state index contributed by atoms with van der Waals surface area (Å²) < 4.78 is 6.77. The molecule has 0 bridgehead atoms. The zero-order valence-electron chi connectivity index (χ0n) is 37.7. The molecule has 0 radical (unpaired) electrons. The Morgan fingerprint density at radius 1 is 0.783 bits per heavy atom. The first-order valence-electron chi connectivity index (χ1n) is 22.7. The fourth-order valence-corrected chi connectivity index (χ4v) is 8.88. The van der Waals surface area contributed by atoms with Crippen LogP contribution in [0.1, 0.15) is 66.8 Å². The quantitative estimate of drug-likeness (QED) is 0.0292. The van der Waals surface area contributed by atoms with Gasteiger partial charge in [-0.25, -0.2) is 9.78 Å². The molecule has 5 aromatic rings. The summed E-state index contributed by atoms with van der Waals surface area (Å²) in [4.78, 5) is 121. The highest BCUT2D eigenvalue weighted by Gasteiger charge is 2.45. The van der Waals surface area contributed by atoms with E-state index >= 15 is 0 Å². The van der Waals surface area contributed by atoms with E-state index < -0.39 is 59.9 Å². The smallest absolute Gasteiger partial charge is 0.343 e. The number of imide groups is 1. The second-order valence-corrected chi connectivity index (χ2v) is 17.0. The van der Waals surface area contributed by atoms with E-state index in [1.807, 2.05) is 36.4 Å². The van der Waals surface area contributed by atoms with E-state index in [-0.39, 0.29) is 80.9 Å². The largest absolute Gasteiger partial charge is 0.458 e. The van der Waals surface area contributed by atoms with Gasteiger partial charge >= 0.3 is 5.97 Å². The van der Waals surface area contributed by atoms with Gasteiger partial charge in [0.05, 0.1) is 48.6 Å². The lowest BCUT2D eigenvalue weighted by Crippen LogP contribution is -2.52. The number of benzene rings is 3. The lowest BCUT2D eigenvalue weighted by Gasteiger charge is -2.31. The van der Waals surface area contributed by atoms with Crippen LogP contribution in [-0.4, -0.2) is 99.1 Å². The first kappa shape index (κ1) is 47.4. The van der Waals surface area contributed by atoms with Gasteiger partial charge in [0.1, 0.15) is 12.6 Å². The third kappa shape index (κ3) is 10.1. The van der Waals surface area contributed by atoms with Crippen LogP contribution >= 0.6 is 0 Å². The number of hydrogen-bond acceptors (Lipinski definition) is 12. The van der Waals surface area contributed by atoms with Crippen molar-refractivity contribution in [2.75, 3.05) is 26.2 Å². The highest BCUT2D eigenvalue weighted by molar-refractivity contribution is 6.13. The Labute approximate surface area is 394 Å². The summed E-state index contributed by atoms with van der Waals surface area (Å²) >= 11 is 0. The molecule has 0 saturated heterocycles. The van der Waals surface area contributed by atoms with Crippen LogP contribution in [0, 0.1) is 0 Å². The van der Waals surface area contributed by atoms with E-state index in [1.54, 1.807) is 43.3 Å². The minimum absolute atomic E-state index is 0.0143. The zero-order valence-corrected chi connectivity index (χ0v) is 37.7. The van der Waals surface area contributed by atoms with Crippen LogP contribution in [0.2, 0.25) is 0 Å². The molecule has 0 saturated carbocycles. The fourth-order valence-electron chi connectivity index (χ4n) is 8.88. The normalized spacial score (nSPS) is 16.1. The Balaban J connectivity index is 0.892. The van der Waals surface area contributed by atoms with Crippen molar-refractivity contribution in [3.63, 3.8) is 0 Å². The van der Waals surface area contributed by atoms with Crippen LogP contribution in [0.4, 0.5) is 0 Å². The molecule has 8 rings (SSSR count). The van der Waals surface area contributed by atoms with Crippen LogP contribution < -0.4 is 32.1 Å². The lowest BCUT2D eigenvalue weighted by atomic mass is 9.86. The van der Waals surface area contributed by atoms with Gasteiger partial charge in [-0.2, -0.15) is 0 Å². The van der Waals surface area contributed by atoms with Crippen LogP contribution in [0.5, 0.6) is 0 Å². The molecule has 3 aliphatic rings. The molecule has 0 unspecified atom stereocenters. The Kier molecular flexibility index (Phi) is 14.0. The maximum atomic E-state index is 14.0. The van der Waals surface area contributed by atoms with Gasteiger partial charge in [0.2, 0.25) is 29.5 Å². The number of carbonyl (C=O) groups is 8. The maximum absolute atomic E-state index is 14.0. The first-order chi connectivity index (χ1) is 33.2. The number of aromatic nitrogens is 2. The van der Waals surface area contributed by atoms with E-state index in [0.29, 0.717) is 52.9 Å². The van der Waals surface area contributed by atoms with Gasteiger partial charge in [-0.1, -0.05) is 74.0 Å².